The average molecular weight is 372 g/mol. The van der Waals surface area contributed by atoms with E-state index in [1.807, 2.05) is 36.5 Å². The first-order valence-corrected chi connectivity index (χ1v) is 9.83. The third kappa shape index (κ3) is 4.69. The molecule has 1 aromatic rings. The first-order valence-electron chi connectivity index (χ1n) is 9.83. The Balaban J connectivity index is 1.95. The van der Waals surface area contributed by atoms with Gasteiger partial charge in [-0.1, -0.05) is 44.2 Å². The molecule has 3 N–H and O–H groups in total. The third-order valence-corrected chi connectivity index (χ3v) is 5.30. The third-order valence-electron chi connectivity index (χ3n) is 5.30. The van der Waals surface area contributed by atoms with Crippen molar-refractivity contribution in [3.8, 4) is 0 Å². The number of quaternary nitrogens is 1. The maximum Gasteiger partial charge on any atom is 0.319 e. The standard InChI is InChI=1S/C21H29N3O3/c1-4-27-20(25)18-17(13-24-11-14(2)10-15(3)12-24)22-21(26)23-19(18)16-8-6-5-7-9-16/h5-9,13-15,18-19H,4,10-12H2,1-3H3,(H2,22,23,26)/p+1/b17-13+/t14-,15+,18-,19+/m1/s1. The lowest BCUT2D eigenvalue weighted by molar-refractivity contribution is -0.861. The summed E-state index contributed by atoms with van der Waals surface area (Å²) in [6.45, 7) is 8.62. The first-order chi connectivity index (χ1) is 13.0. The SMILES string of the molecule is CCOC(=O)[C@@H]1/C(=C\[NH+]2C[C@H](C)C[C@H](C)C2)NC(=O)N[C@H]1c1ccccc1. The molecule has 2 fully saturated rings. The number of carbonyl (C=O) groups is 2. The molecule has 0 aromatic heterocycles. The summed E-state index contributed by atoms with van der Waals surface area (Å²) in [6, 6.07) is 8.87. The summed E-state index contributed by atoms with van der Waals surface area (Å²) in [5.41, 5.74) is 1.54. The van der Waals surface area contributed by atoms with Gasteiger partial charge >= 0.3 is 12.0 Å². The second kappa shape index (κ2) is 8.57. The van der Waals surface area contributed by atoms with E-state index in [9.17, 15) is 9.59 Å². The largest absolute Gasteiger partial charge is 0.465 e. The predicted octanol–water partition coefficient (Wildman–Crippen LogP) is 1.62. The van der Waals surface area contributed by atoms with Crippen molar-refractivity contribution in [2.24, 2.45) is 17.8 Å². The fourth-order valence-corrected chi connectivity index (χ4v) is 4.38. The molecule has 0 bridgehead atoms. The fraction of sp³-hybridized carbons (Fsp3) is 0.524. The Bertz CT molecular complexity index is 694. The quantitative estimate of drug-likeness (QED) is 0.704. The highest BCUT2D eigenvalue weighted by Gasteiger charge is 2.41. The number of benzene rings is 1. The Morgan fingerprint density at radius 3 is 2.52 bits per heavy atom. The summed E-state index contributed by atoms with van der Waals surface area (Å²) in [7, 11) is 0. The Morgan fingerprint density at radius 1 is 1.22 bits per heavy atom. The Kier molecular flexibility index (Phi) is 6.16. The van der Waals surface area contributed by atoms with Crippen molar-refractivity contribution in [1.82, 2.24) is 10.6 Å². The highest BCUT2D eigenvalue weighted by Crippen LogP contribution is 2.30. The van der Waals surface area contributed by atoms with Crippen LogP contribution >= 0.6 is 0 Å². The van der Waals surface area contributed by atoms with Crippen molar-refractivity contribution in [3.05, 3.63) is 47.8 Å². The normalized spacial score (nSPS) is 32.5. The first kappa shape index (κ1) is 19.4. The number of hydrogen-bond donors (Lipinski definition) is 3. The molecule has 2 amide bonds. The van der Waals surface area contributed by atoms with Crippen LogP contribution in [0.15, 0.2) is 42.2 Å². The summed E-state index contributed by atoms with van der Waals surface area (Å²) >= 11 is 0. The summed E-state index contributed by atoms with van der Waals surface area (Å²) in [4.78, 5) is 26.4. The summed E-state index contributed by atoms with van der Waals surface area (Å²) in [5, 5.41) is 5.78. The van der Waals surface area contributed by atoms with E-state index in [0.717, 1.165) is 18.7 Å². The van der Waals surface area contributed by atoms with E-state index in [0.29, 0.717) is 24.1 Å². The lowest BCUT2D eigenvalue weighted by Gasteiger charge is -2.35. The molecular formula is C21H30N3O3+. The molecule has 2 saturated heterocycles. The molecule has 3 rings (SSSR count). The second-order valence-corrected chi connectivity index (χ2v) is 7.83. The zero-order chi connectivity index (χ0) is 19.4. The Hall–Kier alpha value is -2.34. The Morgan fingerprint density at radius 2 is 1.89 bits per heavy atom. The van der Waals surface area contributed by atoms with Gasteiger partial charge in [0.05, 0.1) is 31.4 Å². The average Bonchev–Trinajstić information content (AvgIpc) is 2.61. The highest BCUT2D eigenvalue weighted by atomic mass is 16.5. The van der Waals surface area contributed by atoms with Crippen molar-refractivity contribution >= 4 is 12.0 Å². The van der Waals surface area contributed by atoms with Crippen LogP contribution in [0.2, 0.25) is 0 Å². The minimum absolute atomic E-state index is 0.284. The van der Waals surface area contributed by atoms with Gasteiger partial charge in [0, 0.05) is 11.8 Å². The maximum absolute atomic E-state index is 12.8. The number of amides is 2. The minimum atomic E-state index is -0.579. The molecule has 5 atom stereocenters. The van der Waals surface area contributed by atoms with Gasteiger partial charge in [0.15, 0.2) is 0 Å². The minimum Gasteiger partial charge on any atom is -0.465 e. The van der Waals surface area contributed by atoms with Crippen LogP contribution < -0.4 is 15.5 Å². The van der Waals surface area contributed by atoms with Crippen LogP contribution in [0.4, 0.5) is 4.79 Å². The van der Waals surface area contributed by atoms with Gasteiger partial charge in [-0.3, -0.25) is 4.79 Å². The molecule has 2 heterocycles. The van der Waals surface area contributed by atoms with Gasteiger partial charge < -0.3 is 20.3 Å². The van der Waals surface area contributed by atoms with E-state index in [2.05, 4.69) is 24.5 Å². The zero-order valence-corrected chi connectivity index (χ0v) is 16.3. The van der Waals surface area contributed by atoms with Crippen molar-refractivity contribution in [2.75, 3.05) is 19.7 Å². The van der Waals surface area contributed by atoms with E-state index in [-0.39, 0.29) is 12.0 Å². The number of carbonyl (C=O) groups excluding carboxylic acids is 2. The van der Waals surface area contributed by atoms with Gasteiger partial charge in [-0.25, -0.2) is 4.79 Å². The van der Waals surface area contributed by atoms with Crippen LogP contribution in [0, 0.1) is 17.8 Å². The number of rotatable bonds is 4. The summed E-state index contributed by atoms with van der Waals surface area (Å²) in [5.74, 6) is 0.334. The van der Waals surface area contributed by atoms with Crippen LogP contribution in [0.1, 0.15) is 38.8 Å². The van der Waals surface area contributed by atoms with Crippen molar-refractivity contribution < 1.29 is 19.2 Å². The lowest BCUT2D eigenvalue weighted by atomic mass is 9.88. The van der Waals surface area contributed by atoms with Crippen LogP contribution in [-0.2, 0) is 9.53 Å². The van der Waals surface area contributed by atoms with Crippen LogP contribution in [0.5, 0.6) is 0 Å². The molecular weight excluding hydrogens is 342 g/mol. The predicted molar refractivity (Wildman–Crippen MR) is 103 cm³/mol. The van der Waals surface area contributed by atoms with E-state index >= 15 is 0 Å². The monoisotopic (exact) mass is 372 g/mol. The molecule has 2 aliphatic rings. The number of urea groups is 1. The number of piperidine rings is 1. The van der Waals surface area contributed by atoms with Crippen molar-refractivity contribution in [3.63, 3.8) is 0 Å². The van der Waals surface area contributed by atoms with Gasteiger partial charge in [0.25, 0.3) is 0 Å². The number of esters is 1. The maximum atomic E-state index is 12.8. The van der Waals surface area contributed by atoms with Gasteiger partial charge in [0.2, 0.25) is 0 Å². The van der Waals surface area contributed by atoms with Crippen molar-refractivity contribution in [1.29, 1.82) is 0 Å². The lowest BCUT2D eigenvalue weighted by Crippen LogP contribution is -3.10. The van der Waals surface area contributed by atoms with Crippen molar-refractivity contribution in [2.45, 2.75) is 33.2 Å². The molecule has 1 unspecified atom stereocenters. The molecule has 0 saturated carbocycles. The smallest absolute Gasteiger partial charge is 0.319 e. The zero-order valence-electron chi connectivity index (χ0n) is 16.3. The molecule has 6 heteroatoms. The van der Waals surface area contributed by atoms with E-state index in [1.165, 1.54) is 11.3 Å². The van der Waals surface area contributed by atoms with Gasteiger partial charge in [-0.2, -0.15) is 0 Å². The van der Waals surface area contributed by atoms with Crippen LogP contribution in [-0.4, -0.2) is 31.7 Å². The number of nitrogens with one attached hydrogen (secondary N) is 3. The molecule has 6 nitrogen and oxygen atoms in total. The number of likely N-dealkylation sites (tertiary alicyclic amines) is 1. The van der Waals surface area contributed by atoms with Gasteiger partial charge in [-0.15, -0.1) is 0 Å². The van der Waals surface area contributed by atoms with Gasteiger partial charge in [0.1, 0.15) is 12.1 Å². The van der Waals surface area contributed by atoms with Crippen LogP contribution in [0.25, 0.3) is 0 Å². The Labute approximate surface area is 161 Å². The number of hydrogen-bond acceptors (Lipinski definition) is 3. The molecule has 0 aliphatic carbocycles. The molecule has 1 aromatic carbocycles. The highest BCUT2D eigenvalue weighted by molar-refractivity contribution is 5.85. The van der Waals surface area contributed by atoms with Crippen LogP contribution in [0.3, 0.4) is 0 Å². The van der Waals surface area contributed by atoms with E-state index in [1.54, 1.807) is 6.92 Å². The second-order valence-electron chi connectivity index (χ2n) is 7.83. The summed E-state index contributed by atoms with van der Waals surface area (Å²) < 4.78 is 5.35. The fourth-order valence-electron chi connectivity index (χ4n) is 4.38. The molecule has 0 spiro atoms. The molecule has 146 valence electrons. The van der Waals surface area contributed by atoms with E-state index in [4.69, 9.17) is 4.74 Å². The topological polar surface area (TPSA) is 71.9 Å². The van der Waals surface area contributed by atoms with Gasteiger partial charge in [-0.05, 0) is 18.9 Å². The summed E-state index contributed by atoms with van der Waals surface area (Å²) in [6.07, 6.45) is 3.25. The number of ether oxygens (including phenoxy) is 1. The van der Waals surface area contributed by atoms with E-state index < -0.39 is 12.0 Å². The molecule has 27 heavy (non-hydrogen) atoms. The molecule has 0 radical (unpaired) electrons. The molecule has 2 aliphatic heterocycles.